The molecule has 112 valence electrons. The molecule has 0 saturated carbocycles. The number of nitrogens with one attached hydrogen (secondary N) is 1. The lowest BCUT2D eigenvalue weighted by atomic mass is 10.1. The van der Waals surface area contributed by atoms with Crippen LogP contribution in [0.1, 0.15) is 24.1 Å². The summed E-state index contributed by atoms with van der Waals surface area (Å²) in [4.78, 5) is 0.130. The summed E-state index contributed by atoms with van der Waals surface area (Å²) in [5.41, 5.74) is 7.17. The van der Waals surface area contributed by atoms with E-state index in [-0.39, 0.29) is 4.90 Å². The molecule has 6 heteroatoms. The number of anilines is 1. The average Bonchev–Trinajstić information content (AvgIpc) is 2.41. The second-order valence-corrected chi connectivity index (χ2v) is 6.61. The fraction of sp³-hybridized carbons (Fsp3) is 0.200. The van der Waals surface area contributed by atoms with E-state index in [4.69, 9.17) is 5.73 Å². The normalized spacial score (nSPS) is 13.1. The van der Waals surface area contributed by atoms with Crippen LogP contribution in [0.2, 0.25) is 0 Å². The van der Waals surface area contributed by atoms with Gasteiger partial charge in [0.1, 0.15) is 5.82 Å². The van der Waals surface area contributed by atoms with Gasteiger partial charge in [0.05, 0.1) is 4.90 Å². The molecule has 2 aromatic carbocycles. The summed E-state index contributed by atoms with van der Waals surface area (Å²) in [6.45, 7) is 3.36. The Hall–Kier alpha value is -1.92. The number of halogens is 1. The molecule has 1 unspecified atom stereocenters. The molecule has 1 atom stereocenters. The second kappa shape index (κ2) is 5.83. The van der Waals surface area contributed by atoms with Gasteiger partial charge in [-0.2, -0.15) is 0 Å². The van der Waals surface area contributed by atoms with Crippen molar-refractivity contribution in [2.75, 3.05) is 5.73 Å². The Morgan fingerprint density at radius 1 is 1.19 bits per heavy atom. The average molecular weight is 308 g/mol. The molecule has 0 aromatic heterocycles. The second-order valence-electron chi connectivity index (χ2n) is 4.92. The minimum Gasteiger partial charge on any atom is -0.399 e. The summed E-state index contributed by atoms with van der Waals surface area (Å²) < 4.78 is 40.6. The van der Waals surface area contributed by atoms with E-state index >= 15 is 0 Å². The number of nitrogen functional groups attached to an aromatic ring is 1. The SMILES string of the molecule is Cc1ccc(N)cc1S(=O)(=O)NC(C)c1cccc(F)c1. The first-order valence-corrected chi connectivity index (χ1v) is 7.92. The molecular weight excluding hydrogens is 291 g/mol. The van der Waals surface area contributed by atoms with Crippen LogP contribution in [0.5, 0.6) is 0 Å². The molecule has 4 nitrogen and oxygen atoms in total. The maximum Gasteiger partial charge on any atom is 0.241 e. The Labute approximate surface area is 123 Å². The zero-order valence-electron chi connectivity index (χ0n) is 11.8. The maximum absolute atomic E-state index is 13.2. The van der Waals surface area contributed by atoms with Gasteiger partial charge in [-0.05, 0) is 49.2 Å². The highest BCUT2D eigenvalue weighted by atomic mass is 32.2. The van der Waals surface area contributed by atoms with Crippen molar-refractivity contribution in [3.63, 3.8) is 0 Å². The van der Waals surface area contributed by atoms with E-state index in [2.05, 4.69) is 4.72 Å². The monoisotopic (exact) mass is 308 g/mol. The Morgan fingerprint density at radius 3 is 2.57 bits per heavy atom. The quantitative estimate of drug-likeness (QED) is 0.853. The fourth-order valence-electron chi connectivity index (χ4n) is 2.05. The van der Waals surface area contributed by atoms with Crippen LogP contribution >= 0.6 is 0 Å². The highest BCUT2D eigenvalue weighted by Gasteiger charge is 2.20. The number of hydrogen-bond donors (Lipinski definition) is 2. The standard InChI is InChI=1S/C15H17FN2O2S/c1-10-6-7-14(17)9-15(10)21(19,20)18-11(2)12-4-3-5-13(16)8-12/h3-9,11,18H,17H2,1-2H3. The molecule has 2 aromatic rings. The van der Waals surface area contributed by atoms with Crippen molar-refractivity contribution in [1.82, 2.24) is 4.72 Å². The predicted octanol–water partition coefficient (Wildman–Crippen LogP) is 2.76. The van der Waals surface area contributed by atoms with E-state index in [0.717, 1.165) is 0 Å². The molecule has 21 heavy (non-hydrogen) atoms. The van der Waals surface area contributed by atoms with Crippen LogP contribution in [0.4, 0.5) is 10.1 Å². The largest absolute Gasteiger partial charge is 0.399 e. The van der Waals surface area contributed by atoms with Gasteiger partial charge in [0.15, 0.2) is 0 Å². The van der Waals surface area contributed by atoms with Crippen molar-refractivity contribution in [3.05, 3.63) is 59.4 Å². The summed E-state index contributed by atoms with van der Waals surface area (Å²) in [7, 11) is -3.73. The zero-order valence-corrected chi connectivity index (χ0v) is 12.6. The third kappa shape index (κ3) is 3.59. The van der Waals surface area contributed by atoms with Gasteiger partial charge < -0.3 is 5.73 Å². The van der Waals surface area contributed by atoms with Gasteiger partial charge in [-0.15, -0.1) is 0 Å². The topological polar surface area (TPSA) is 72.2 Å². The minimum absolute atomic E-state index is 0.130. The van der Waals surface area contributed by atoms with Crippen LogP contribution in [0, 0.1) is 12.7 Å². The number of rotatable bonds is 4. The van der Waals surface area contributed by atoms with Crippen LogP contribution in [-0.2, 0) is 10.0 Å². The first kappa shape index (κ1) is 15.5. The molecule has 0 bridgehead atoms. The first-order valence-electron chi connectivity index (χ1n) is 6.43. The molecule has 2 rings (SSSR count). The Kier molecular flexibility index (Phi) is 4.29. The minimum atomic E-state index is -3.73. The molecule has 0 radical (unpaired) electrons. The molecule has 0 amide bonds. The predicted molar refractivity (Wildman–Crippen MR) is 80.7 cm³/mol. The number of benzene rings is 2. The van der Waals surface area contributed by atoms with Crippen molar-refractivity contribution in [2.24, 2.45) is 0 Å². The van der Waals surface area contributed by atoms with Gasteiger partial charge in [0, 0.05) is 11.7 Å². The molecular formula is C15H17FN2O2S. The highest BCUT2D eigenvalue weighted by Crippen LogP contribution is 2.21. The first-order chi connectivity index (χ1) is 9.79. The van der Waals surface area contributed by atoms with Crippen molar-refractivity contribution in [3.8, 4) is 0 Å². The molecule has 0 fully saturated rings. The van der Waals surface area contributed by atoms with E-state index < -0.39 is 21.9 Å². The third-order valence-electron chi connectivity index (χ3n) is 3.18. The smallest absolute Gasteiger partial charge is 0.241 e. The number of sulfonamides is 1. The van der Waals surface area contributed by atoms with Crippen LogP contribution < -0.4 is 10.5 Å². The maximum atomic E-state index is 13.2. The Balaban J connectivity index is 2.31. The highest BCUT2D eigenvalue weighted by molar-refractivity contribution is 7.89. The van der Waals surface area contributed by atoms with Gasteiger partial charge in [-0.3, -0.25) is 0 Å². The van der Waals surface area contributed by atoms with Crippen molar-refractivity contribution in [1.29, 1.82) is 0 Å². The van der Waals surface area contributed by atoms with Gasteiger partial charge in [-0.1, -0.05) is 18.2 Å². The van der Waals surface area contributed by atoms with E-state index in [1.165, 1.54) is 18.2 Å². The molecule has 0 heterocycles. The summed E-state index contributed by atoms with van der Waals surface area (Å²) in [6.07, 6.45) is 0. The van der Waals surface area contributed by atoms with E-state index in [0.29, 0.717) is 16.8 Å². The van der Waals surface area contributed by atoms with Crippen LogP contribution in [0.15, 0.2) is 47.4 Å². The van der Waals surface area contributed by atoms with Crippen molar-refractivity contribution >= 4 is 15.7 Å². The lowest BCUT2D eigenvalue weighted by Gasteiger charge is -2.16. The summed E-state index contributed by atoms with van der Waals surface area (Å²) in [5, 5.41) is 0. The molecule has 0 aliphatic carbocycles. The third-order valence-corrected chi connectivity index (χ3v) is 4.87. The summed E-state index contributed by atoms with van der Waals surface area (Å²) in [5.74, 6) is -0.404. The Morgan fingerprint density at radius 2 is 1.90 bits per heavy atom. The molecule has 0 aliphatic heterocycles. The van der Waals surface area contributed by atoms with Crippen LogP contribution in [-0.4, -0.2) is 8.42 Å². The molecule has 0 saturated heterocycles. The number of nitrogens with two attached hydrogens (primary N) is 1. The van der Waals surface area contributed by atoms with Gasteiger partial charge >= 0.3 is 0 Å². The fourth-order valence-corrected chi connectivity index (χ4v) is 3.56. The van der Waals surface area contributed by atoms with E-state index in [1.807, 2.05) is 0 Å². The van der Waals surface area contributed by atoms with E-state index in [1.54, 1.807) is 38.1 Å². The van der Waals surface area contributed by atoms with Gasteiger partial charge in [0.25, 0.3) is 0 Å². The molecule has 0 spiro atoms. The Bertz CT molecular complexity index is 760. The summed E-state index contributed by atoms with van der Waals surface area (Å²) in [6, 6.07) is 9.99. The lowest BCUT2D eigenvalue weighted by Crippen LogP contribution is -2.27. The zero-order chi connectivity index (χ0) is 15.6. The van der Waals surface area contributed by atoms with Crippen molar-refractivity contribution < 1.29 is 12.8 Å². The number of hydrogen-bond acceptors (Lipinski definition) is 3. The van der Waals surface area contributed by atoms with Crippen molar-refractivity contribution in [2.45, 2.75) is 24.8 Å². The molecule has 0 aliphatic rings. The van der Waals surface area contributed by atoms with Crippen LogP contribution in [0.25, 0.3) is 0 Å². The molecule has 3 N–H and O–H groups in total. The lowest BCUT2D eigenvalue weighted by molar-refractivity contribution is 0.564. The number of aryl methyl sites for hydroxylation is 1. The van der Waals surface area contributed by atoms with E-state index in [9.17, 15) is 12.8 Å². The van der Waals surface area contributed by atoms with Crippen LogP contribution in [0.3, 0.4) is 0 Å². The summed E-state index contributed by atoms with van der Waals surface area (Å²) >= 11 is 0. The van der Waals surface area contributed by atoms with Gasteiger partial charge in [-0.25, -0.2) is 17.5 Å². The van der Waals surface area contributed by atoms with Gasteiger partial charge in [0.2, 0.25) is 10.0 Å².